The Morgan fingerprint density at radius 1 is 1.14 bits per heavy atom. The van der Waals surface area contributed by atoms with Crippen molar-refractivity contribution in [3.63, 3.8) is 0 Å². The number of fused-ring (bicyclic) bond motifs is 1. The number of halogens is 1. The largest absolute Gasteiger partial charge is 0.365 e. The Morgan fingerprint density at radius 3 is 2.59 bits per heavy atom. The Bertz CT molecular complexity index is 828. The molecule has 0 aliphatic rings. The van der Waals surface area contributed by atoms with Gasteiger partial charge in [-0.25, -0.2) is 4.98 Å². The quantitative estimate of drug-likeness (QED) is 0.707. The molecule has 2 aromatic heterocycles. The summed E-state index contributed by atoms with van der Waals surface area (Å²) < 4.78 is 2.02. The fraction of sp³-hybridized carbons (Fsp3) is 0.278. The third-order valence-electron chi connectivity index (χ3n) is 3.37. The van der Waals surface area contributed by atoms with Crippen molar-refractivity contribution in [2.45, 2.75) is 33.2 Å². The zero-order chi connectivity index (χ0) is 15.9. The van der Waals surface area contributed by atoms with Gasteiger partial charge in [-0.05, 0) is 45.9 Å². The van der Waals surface area contributed by atoms with Crippen LogP contribution in [0.15, 0.2) is 42.6 Å². The molecule has 0 aliphatic carbocycles. The monoisotopic (exact) mass is 313 g/mol. The van der Waals surface area contributed by atoms with Gasteiger partial charge in [0.25, 0.3) is 0 Å². The number of aryl methyl sites for hydroxylation is 1. The van der Waals surface area contributed by atoms with Crippen LogP contribution in [-0.4, -0.2) is 14.9 Å². The van der Waals surface area contributed by atoms with E-state index >= 15 is 0 Å². The van der Waals surface area contributed by atoms with Crippen LogP contribution in [0.1, 0.15) is 26.3 Å². The van der Waals surface area contributed by atoms with E-state index in [9.17, 15) is 0 Å². The van der Waals surface area contributed by atoms with Crippen LogP contribution in [0.4, 0.5) is 5.82 Å². The highest BCUT2D eigenvalue weighted by molar-refractivity contribution is 6.30. The van der Waals surface area contributed by atoms with Crippen LogP contribution in [0, 0.1) is 6.92 Å². The first-order valence-electron chi connectivity index (χ1n) is 7.36. The van der Waals surface area contributed by atoms with Crippen molar-refractivity contribution in [1.82, 2.24) is 9.38 Å². The Balaban J connectivity index is 2.26. The molecular formula is C18H20ClN3. The fourth-order valence-electron chi connectivity index (χ4n) is 2.49. The number of hydrogen-bond acceptors (Lipinski definition) is 2. The average molecular weight is 314 g/mol. The Labute approximate surface area is 136 Å². The summed E-state index contributed by atoms with van der Waals surface area (Å²) in [7, 11) is 0. The van der Waals surface area contributed by atoms with Crippen LogP contribution >= 0.6 is 11.6 Å². The molecule has 0 amide bonds. The number of imidazole rings is 1. The minimum Gasteiger partial charge on any atom is -0.365 e. The van der Waals surface area contributed by atoms with Gasteiger partial charge in [0.15, 0.2) is 0 Å². The van der Waals surface area contributed by atoms with Gasteiger partial charge in [0.05, 0.1) is 5.02 Å². The van der Waals surface area contributed by atoms with Crippen LogP contribution in [0.2, 0.25) is 5.02 Å². The van der Waals surface area contributed by atoms with Crippen molar-refractivity contribution < 1.29 is 0 Å². The number of hydrogen-bond donors (Lipinski definition) is 1. The maximum atomic E-state index is 6.17. The Morgan fingerprint density at radius 2 is 1.91 bits per heavy atom. The topological polar surface area (TPSA) is 29.3 Å². The lowest BCUT2D eigenvalue weighted by Crippen LogP contribution is -2.27. The smallest absolute Gasteiger partial charge is 0.139 e. The molecule has 0 spiro atoms. The third-order valence-corrected chi connectivity index (χ3v) is 3.59. The lowest BCUT2D eigenvalue weighted by atomic mass is 10.1. The van der Waals surface area contributed by atoms with E-state index in [1.807, 2.05) is 22.7 Å². The van der Waals surface area contributed by atoms with Gasteiger partial charge >= 0.3 is 0 Å². The standard InChI is InChI=1S/C18H20ClN3/c1-12-6-5-7-13(10-12)16-17(21-18(2,3)4)22-11-14(19)8-9-15(22)20-16/h5-11,21H,1-4H3. The molecule has 1 aromatic carbocycles. The molecule has 22 heavy (non-hydrogen) atoms. The van der Waals surface area contributed by atoms with Crippen LogP contribution in [0.5, 0.6) is 0 Å². The van der Waals surface area contributed by atoms with E-state index < -0.39 is 0 Å². The average Bonchev–Trinajstić information content (AvgIpc) is 2.75. The van der Waals surface area contributed by atoms with Gasteiger partial charge in [-0.15, -0.1) is 0 Å². The summed E-state index contributed by atoms with van der Waals surface area (Å²) in [4.78, 5) is 4.79. The summed E-state index contributed by atoms with van der Waals surface area (Å²) in [5, 5.41) is 4.25. The third kappa shape index (κ3) is 2.95. The SMILES string of the molecule is Cc1cccc(-c2nc3ccc(Cl)cn3c2NC(C)(C)C)c1. The molecule has 2 heterocycles. The molecule has 1 N–H and O–H groups in total. The zero-order valence-electron chi connectivity index (χ0n) is 13.3. The van der Waals surface area contributed by atoms with Gasteiger partial charge in [-0.3, -0.25) is 4.40 Å². The van der Waals surface area contributed by atoms with Crippen LogP contribution in [0.25, 0.3) is 16.9 Å². The first kappa shape index (κ1) is 14.9. The van der Waals surface area contributed by atoms with Crippen LogP contribution < -0.4 is 5.32 Å². The fourth-order valence-corrected chi connectivity index (χ4v) is 2.65. The summed E-state index contributed by atoms with van der Waals surface area (Å²) in [6.45, 7) is 8.50. The number of nitrogens with zero attached hydrogens (tertiary/aromatic N) is 2. The van der Waals surface area contributed by atoms with Crippen LogP contribution in [-0.2, 0) is 0 Å². The molecule has 3 rings (SSSR count). The second kappa shape index (κ2) is 5.33. The Hall–Kier alpha value is -2.00. The van der Waals surface area contributed by atoms with Crippen molar-refractivity contribution in [3.05, 3.63) is 53.2 Å². The number of nitrogens with one attached hydrogen (secondary N) is 1. The lowest BCUT2D eigenvalue weighted by Gasteiger charge is -2.22. The van der Waals surface area contributed by atoms with Gasteiger partial charge in [0.1, 0.15) is 17.2 Å². The minimum absolute atomic E-state index is 0.0726. The van der Waals surface area contributed by atoms with E-state index in [0.717, 1.165) is 22.7 Å². The molecule has 0 saturated carbocycles. The molecule has 4 heteroatoms. The van der Waals surface area contributed by atoms with Crippen molar-refractivity contribution in [2.24, 2.45) is 0 Å². The first-order valence-corrected chi connectivity index (χ1v) is 7.74. The highest BCUT2D eigenvalue weighted by Gasteiger charge is 2.19. The highest BCUT2D eigenvalue weighted by atomic mass is 35.5. The molecule has 0 unspecified atom stereocenters. The minimum atomic E-state index is -0.0726. The van der Waals surface area contributed by atoms with E-state index in [1.54, 1.807) is 0 Å². The van der Waals surface area contributed by atoms with Gasteiger partial charge < -0.3 is 5.32 Å². The van der Waals surface area contributed by atoms with Gasteiger partial charge in [0, 0.05) is 17.3 Å². The predicted molar refractivity (Wildman–Crippen MR) is 93.8 cm³/mol. The summed E-state index contributed by atoms with van der Waals surface area (Å²) in [6, 6.07) is 12.2. The first-order chi connectivity index (χ1) is 10.3. The highest BCUT2D eigenvalue weighted by Crippen LogP contribution is 2.31. The molecule has 0 saturated heterocycles. The number of rotatable bonds is 2. The second-order valence-corrected chi connectivity index (χ2v) is 7.07. The lowest BCUT2D eigenvalue weighted by molar-refractivity contribution is 0.629. The zero-order valence-corrected chi connectivity index (χ0v) is 14.1. The Kier molecular flexibility index (Phi) is 3.61. The van der Waals surface area contributed by atoms with Gasteiger partial charge in [0.2, 0.25) is 0 Å². The summed E-state index contributed by atoms with van der Waals surface area (Å²) in [5.41, 5.74) is 4.08. The normalized spacial score (nSPS) is 11.9. The molecular weight excluding hydrogens is 294 g/mol. The van der Waals surface area contributed by atoms with Crippen molar-refractivity contribution >= 4 is 23.1 Å². The summed E-state index contributed by atoms with van der Waals surface area (Å²) in [5.74, 6) is 0.968. The molecule has 0 atom stereocenters. The van der Waals surface area contributed by atoms with E-state index in [2.05, 4.69) is 57.3 Å². The van der Waals surface area contributed by atoms with Crippen molar-refractivity contribution in [1.29, 1.82) is 0 Å². The van der Waals surface area contributed by atoms with Gasteiger partial charge in [-0.2, -0.15) is 0 Å². The molecule has 0 radical (unpaired) electrons. The van der Waals surface area contributed by atoms with E-state index in [1.165, 1.54) is 5.56 Å². The number of anilines is 1. The maximum absolute atomic E-state index is 6.17. The van der Waals surface area contributed by atoms with E-state index in [-0.39, 0.29) is 5.54 Å². The van der Waals surface area contributed by atoms with E-state index in [4.69, 9.17) is 16.6 Å². The molecule has 0 aliphatic heterocycles. The van der Waals surface area contributed by atoms with Gasteiger partial charge in [-0.1, -0.05) is 35.4 Å². The molecule has 114 valence electrons. The van der Waals surface area contributed by atoms with Crippen molar-refractivity contribution in [2.75, 3.05) is 5.32 Å². The number of aromatic nitrogens is 2. The summed E-state index contributed by atoms with van der Waals surface area (Å²) >= 11 is 6.17. The number of benzene rings is 1. The number of pyridine rings is 1. The maximum Gasteiger partial charge on any atom is 0.139 e. The van der Waals surface area contributed by atoms with Crippen molar-refractivity contribution in [3.8, 4) is 11.3 Å². The molecule has 3 nitrogen and oxygen atoms in total. The molecule has 0 bridgehead atoms. The van der Waals surface area contributed by atoms with Crippen LogP contribution in [0.3, 0.4) is 0 Å². The summed E-state index contributed by atoms with van der Waals surface area (Å²) in [6.07, 6.45) is 1.90. The van der Waals surface area contributed by atoms with E-state index in [0.29, 0.717) is 5.02 Å². The molecule has 3 aromatic rings. The second-order valence-electron chi connectivity index (χ2n) is 6.63. The molecule has 0 fully saturated rings. The predicted octanol–water partition coefficient (Wildman–Crippen LogP) is 5.17.